The number of aliphatic hydroxyl groups is 1. The van der Waals surface area contributed by atoms with E-state index in [1.54, 1.807) is 20.8 Å². The van der Waals surface area contributed by atoms with E-state index in [0.29, 0.717) is 37.8 Å². The van der Waals surface area contributed by atoms with Gasteiger partial charge >= 0.3 is 6.18 Å². The first-order valence-corrected chi connectivity index (χ1v) is 11.9. The lowest BCUT2D eigenvalue weighted by molar-refractivity contribution is -0.136. The number of anilines is 3. The number of rotatable bonds is 5. The van der Waals surface area contributed by atoms with Gasteiger partial charge in [0.2, 0.25) is 5.95 Å². The molecule has 3 heterocycles. The van der Waals surface area contributed by atoms with Crippen LogP contribution in [-0.2, 0) is 10.9 Å². The van der Waals surface area contributed by atoms with E-state index in [4.69, 9.17) is 10.1 Å². The molecule has 3 aromatic rings. The van der Waals surface area contributed by atoms with E-state index in [2.05, 4.69) is 30.6 Å². The van der Waals surface area contributed by atoms with Crippen molar-refractivity contribution in [2.45, 2.75) is 26.9 Å². The van der Waals surface area contributed by atoms with E-state index in [0.717, 1.165) is 24.3 Å². The van der Waals surface area contributed by atoms with Crippen LogP contribution in [0.15, 0.2) is 42.6 Å². The molecule has 2 aromatic heterocycles. The van der Waals surface area contributed by atoms with Gasteiger partial charge in [0.05, 0.1) is 30.7 Å². The van der Waals surface area contributed by atoms with Crippen LogP contribution in [0.4, 0.5) is 30.6 Å². The van der Waals surface area contributed by atoms with Crippen molar-refractivity contribution in [3.05, 3.63) is 53.7 Å². The molecule has 1 aliphatic rings. The number of ether oxygens (including phenoxy) is 1. The number of nitrogens with zero attached hydrogens (tertiary/aromatic N) is 5. The standard InChI is InChI=1S/C25H27F3N8O3/c1-24(2,3)18(37)11-19(29)34-22(38)14-4-5-15(25(26,27)28)16(10-14)33-21-20-17(31-13-32-21)12-30-23(35-20)36-6-8-39-9-7-36/h4-5,10-13,37H,6-9H2,1-3H3,(H2,29,34,38)(H,31,32,33)/b18-11-. The number of hydrogen-bond donors (Lipinski definition) is 4. The molecule has 0 unspecified atom stereocenters. The van der Waals surface area contributed by atoms with Crippen molar-refractivity contribution in [3.8, 4) is 0 Å². The second-order valence-corrected chi connectivity index (χ2v) is 9.76. The number of hydrogen-bond acceptors (Lipinski definition) is 10. The summed E-state index contributed by atoms with van der Waals surface area (Å²) < 4.78 is 47.0. The van der Waals surface area contributed by atoms with Gasteiger partial charge in [-0.25, -0.2) is 19.9 Å². The molecule has 206 valence electrons. The van der Waals surface area contributed by atoms with Gasteiger partial charge in [0.15, 0.2) is 5.82 Å². The molecule has 1 aromatic carbocycles. The predicted octanol–water partition coefficient (Wildman–Crippen LogP) is 4.21. The van der Waals surface area contributed by atoms with Crippen molar-refractivity contribution in [1.29, 1.82) is 5.41 Å². The first kappa shape index (κ1) is 27.7. The molecule has 1 saturated heterocycles. The summed E-state index contributed by atoms with van der Waals surface area (Å²) in [7, 11) is 0. The maximum Gasteiger partial charge on any atom is 0.418 e. The van der Waals surface area contributed by atoms with E-state index in [9.17, 15) is 23.1 Å². The van der Waals surface area contributed by atoms with Gasteiger partial charge in [0, 0.05) is 30.1 Å². The number of amidine groups is 1. The number of aromatic nitrogens is 4. The fourth-order valence-corrected chi connectivity index (χ4v) is 3.60. The summed E-state index contributed by atoms with van der Waals surface area (Å²) in [5, 5.41) is 22.9. The fraction of sp³-hybridized carbons (Fsp3) is 0.360. The number of carbonyl (C=O) groups excluding carboxylic acids is 1. The van der Waals surface area contributed by atoms with Gasteiger partial charge in [0.25, 0.3) is 5.91 Å². The van der Waals surface area contributed by atoms with Crippen molar-refractivity contribution < 1.29 is 27.8 Å². The van der Waals surface area contributed by atoms with E-state index in [1.165, 1.54) is 12.5 Å². The van der Waals surface area contributed by atoms with Gasteiger partial charge in [-0.1, -0.05) is 20.8 Å². The quantitative estimate of drug-likeness (QED) is 0.210. The van der Waals surface area contributed by atoms with Crippen LogP contribution in [0.3, 0.4) is 0 Å². The van der Waals surface area contributed by atoms with Crippen LogP contribution in [0.5, 0.6) is 0 Å². The van der Waals surface area contributed by atoms with Crippen molar-refractivity contribution in [2.75, 3.05) is 36.5 Å². The number of benzene rings is 1. The van der Waals surface area contributed by atoms with Gasteiger partial charge in [-0.2, -0.15) is 13.2 Å². The van der Waals surface area contributed by atoms with Crippen molar-refractivity contribution in [2.24, 2.45) is 5.41 Å². The van der Waals surface area contributed by atoms with Crippen LogP contribution in [0.1, 0.15) is 36.7 Å². The van der Waals surface area contributed by atoms with Crippen LogP contribution >= 0.6 is 0 Å². The Morgan fingerprint density at radius 2 is 1.87 bits per heavy atom. The third-order valence-electron chi connectivity index (χ3n) is 5.80. The Balaban J connectivity index is 1.67. The maximum absolute atomic E-state index is 13.9. The Kier molecular flexibility index (Phi) is 7.67. The average molecular weight is 545 g/mol. The van der Waals surface area contributed by atoms with Crippen LogP contribution in [-0.4, -0.2) is 63.1 Å². The van der Waals surface area contributed by atoms with Crippen LogP contribution in [0.25, 0.3) is 11.0 Å². The second-order valence-electron chi connectivity index (χ2n) is 9.76. The predicted molar refractivity (Wildman–Crippen MR) is 138 cm³/mol. The minimum absolute atomic E-state index is 0.00857. The summed E-state index contributed by atoms with van der Waals surface area (Å²) in [6, 6.07) is 2.78. The van der Waals surface area contributed by atoms with Crippen LogP contribution in [0, 0.1) is 10.8 Å². The maximum atomic E-state index is 13.9. The molecule has 4 N–H and O–H groups in total. The molecule has 1 fully saturated rings. The lowest BCUT2D eigenvalue weighted by Gasteiger charge is -2.26. The highest BCUT2D eigenvalue weighted by Gasteiger charge is 2.34. The molecule has 0 spiro atoms. The summed E-state index contributed by atoms with van der Waals surface area (Å²) in [5.41, 5.74) is -1.78. The highest BCUT2D eigenvalue weighted by molar-refractivity contribution is 6.09. The number of allylic oxidation sites excluding steroid dienone is 1. The summed E-state index contributed by atoms with van der Waals surface area (Å²) in [6.45, 7) is 7.23. The van der Waals surface area contributed by atoms with Gasteiger partial charge in [-0.05, 0) is 18.2 Å². The number of carbonyl (C=O) groups is 1. The van der Waals surface area contributed by atoms with Crippen LogP contribution in [0.2, 0.25) is 0 Å². The number of halogens is 3. The fourth-order valence-electron chi connectivity index (χ4n) is 3.60. The van der Waals surface area contributed by atoms with Gasteiger partial charge in [-0.15, -0.1) is 0 Å². The summed E-state index contributed by atoms with van der Waals surface area (Å²) in [6.07, 6.45) is -1.05. The van der Waals surface area contributed by atoms with Crippen molar-refractivity contribution in [3.63, 3.8) is 0 Å². The Morgan fingerprint density at radius 3 is 2.54 bits per heavy atom. The summed E-state index contributed by atoms with van der Waals surface area (Å²) >= 11 is 0. The minimum Gasteiger partial charge on any atom is -0.512 e. The molecular weight excluding hydrogens is 517 g/mol. The van der Waals surface area contributed by atoms with E-state index < -0.39 is 34.6 Å². The molecule has 11 nitrogen and oxygen atoms in total. The topological polar surface area (TPSA) is 149 Å². The molecule has 0 aliphatic carbocycles. The minimum atomic E-state index is -4.75. The molecule has 0 bridgehead atoms. The van der Waals surface area contributed by atoms with Crippen molar-refractivity contribution >= 4 is 40.2 Å². The Labute approximate surface area is 221 Å². The molecule has 14 heteroatoms. The number of alkyl halides is 3. The monoisotopic (exact) mass is 544 g/mol. The third-order valence-corrected chi connectivity index (χ3v) is 5.80. The largest absolute Gasteiger partial charge is 0.512 e. The molecule has 4 rings (SSSR count). The Bertz CT molecular complexity index is 1430. The van der Waals surface area contributed by atoms with Crippen molar-refractivity contribution in [1.82, 2.24) is 25.3 Å². The first-order chi connectivity index (χ1) is 18.3. The average Bonchev–Trinajstić information content (AvgIpc) is 2.88. The van der Waals surface area contributed by atoms with Crippen LogP contribution < -0.4 is 15.5 Å². The number of fused-ring (bicyclic) bond motifs is 1. The number of nitrogens with one attached hydrogen (secondary N) is 3. The lowest BCUT2D eigenvalue weighted by atomic mass is 9.93. The smallest absolute Gasteiger partial charge is 0.418 e. The summed E-state index contributed by atoms with van der Waals surface area (Å²) in [4.78, 5) is 31.6. The van der Waals surface area contributed by atoms with E-state index in [-0.39, 0.29) is 22.7 Å². The van der Waals surface area contributed by atoms with Gasteiger partial charge in [-0.3, -0.25) is 10.2 Å². The number of morpholine rings is 1. The molecular formula is C25H27F3N8O3. The zero-order valence-corrected chi connectivity index (χ0v) is 21.4. The van der Waals surface area contributed by atoms with Gasteiger partial charge < -0.3 is 25.4 Å². The van der Waals surface area contributed by atoms with Gasteiger partial charge in [0.1, 0.15) is 29.0 Å². The SMILES string of the molecule is CC(C)(C)/C(O)=C/C(=N)NC(=O)c1ccc(C(F)(F)F)c(Nc2ncnc3cnc(N4CCOCC4)nc23)c1. The Morgan fingerprint density at radius 1 is 1.15 bits per heavy atom. The molecule has 1 amide bonds. The molecule has 1 aliphatic heterocycles. The molecule has 39 heavy (non-hydrogen) atoms. The third kappa shape index (κ3) is 6.57. The Hall–Kier alpha value is -4.33. The lowest BCUT2D eigenvalue weighted by Crippen LogP contribution is -2.37. The summed E-state index contributed by atoms with van der Waals surface area (Å²) in [5.74, 6) is -1.05. The first-order valence-electron chi connectivity index (χ1n) is 11.9. The van der Waals surface area contributed by atoms with E-state index >= 15 is 0 Å². The molecule has 0 atom stereocenters. The highest BCUT2D eigenvalue weighted by atomic mass is 19.4. The zero-order chi connectivity index (χ0) is 28.4. The molecule has 0 radical (unpaired) electrons. The highest BCUT2D eigenvalue weighted by Crippen LogP contribution is 2.37. The second kappa shape index (κ2) is 10.8. The van der Waals surface area contributed by atoms with E-state index in [1.807, 2.05) is 4.90 Å². The zero-order valence-electron chi connectivity index (χ0n) is 21.4. The number of amides is 1. The number of aliphatic hydroxyl groups excluding tert-OH is 1. The molecule has 0 saturated carbocycles. The normalized spacial score (nSPS) is 14.8.